The summed E-state index contributed by atoms with van der Waals surface area (Å²) in [4.78, 5) is 11.0. The van der Waals surface area contributed by atoms with E-state index in [9.17, 15) is 17.6 Å². The second-order valence-corrected chi connectivity index (χ2v) is 5.88. The summed E-state index contributed by atoms with van der Waals surface area (Å²) < 4.78 is 36.8. The largest absolute Gasteiger partial charge is 0.478 e. The molecular formula is C11H9FN2O4S. The van der Waals surface area contributed by atoms with Crippen molar-refractivity contribution in [3.63, 3.8) is 0 Å². The first-order valence-electron chi connectivity index (χ1n) is 5.07. The maximum Gasteiger partial charge on any atom is 0.338 e. The van der Waals surface area contributed by atoms with Crippen LogP contribution >= 0.6 is 0 Å². The topological polar surface area (TPSA) is 89.3 Å². The Morgan fingerprint density at radius 3 is 2.63 bits per heavy atom. The minimum absolute atomic E-state index is 0.0480. The van der Waals surface area contributed by atoms with Gasteiger partial charge in [-0.25, -0.2) is 22.3 Å². The first-order chi connectivity index (χ1) is 8.79. The van der Waals surface area contributed by atoms with Crippen LogP contribution in [0, 0.1) is 5.82 Å². The normalized spacial score (nSPS) is 11.5. The highest BCUT2D eigenvalue weighted by atomic mass is 32.2. The molecule has 0 unspecified atom stereocenters. The summed E-state index contributed by atoms with van der Waals surface area (Å²) in [6, 6.07) is 3.14. The van der Waals surface area contributed by atoms with Gasteiger partial charge in [-0.2, -0.15) is 5.10 Å². The summed E-state index contributed by atoms with van der Waals surface area (Å²) in [6.07, 6.45) is 3.29. The molecule has 0 radical (unpaired) electrons. The molecule has 1 aromatic heterocycles. The molecule has 6 nitrogen and oxygen atoms in total. The summed E-state index contributed by atoms with van der Waals surface area (Å²) in [7, 11) is -3.44. The fourth-order valence-electron chi connectivity index (χ4n) is 1.51. The van der Waals surface area contributed by atoms with E-state index in [-0.39, 0.29) is 16.1 Å². The molecule has 0 amide bonds. The quantitative estimate of drug-likeness (QED) is 0.912. The zero-order valence-electron chi connectivity index (χ0n) is 9.74. The lowest BCUT2D eigenvalue weighted by Crippen LogP contribution is -2.06. The minimum Gasteiger partial charge on any atom is -0.478 e. The van der Waals surface area contributed by atoms with E-state index in [4.69, 9.17) is 5.11 Å². The van der Waals surface area contributed by atoms with Crippen molar-refractivity contribution in [1.29, 1.82) is 0 Å². The number of sulfone groups is 1. The molecule has 8 heteroatoms. The third-order valence-corrected chi connectivity index (χ3v) is 3.49. The minimum atomic E-state index is -3.44. The van der Waals surface area contributed by atoms with Gasteiger partial charge in [0.15, 0.2) is 9.84 Å². The molecule has 2 rings (SSSR count). The van der Waals surface area contributed by atoms with Crippen molar-refractivity contribution >= 4 is 15.8 Å². The number of nitrogens with zero attached hydrogens (tertiary/aromatic N) is 2. The molecule has 0 aliphatic heterocycles. The number of rotatable bonds is 3. The lowest BCUT2D eigenvalue weighted by Gasteiger charge is -2.05. The lowest BCUT2D eigenvalue weighted by molar-refractivity contribution is 0.0696. The first-order valence-corrected chi connectivity index (χ1v) is 6.96. The number of hydrogen-bond acceptors (Lipinski definition) is 4. The Hall–Kier alpha value is -2.22. The summed E-state index contributed by atoms with van der Waals surface area (Å²) in [5.74, 6) is -2.03. The van der Waals surface area contributed by atoms with Crippen LogP contribution < -0.4 is 0 Å². The maximum absolute atomic E-state index is 13.0. The highest BCUT2D eigenvalue weighted by Crippen LogP contribution is 2.18. The fourth-order valence-corrected chi connectivity index (χ4v) is 2.04. The summed E-state index contributed by atoms with van der Waals surface area (Å²) in [5.41, 5.74) is -0.216. The van der Waals surface area contributed by atoms with E-state index in [1.807, 2.05) is 0 Å². The number of hydrogen-bond donors (Lipinski definition) is 1. The molecule has 0 aliphatic carbocycles. The second-order valence-electron chi connectivity index (χ2n) is 3.86. The predicted octanol–water partition coefficient (Wildman–Crippen LogP) is 1.11. The van der Waals surface area contributed by atoms with E-state index >= 15 is 0 Å². The van der Waals surface area contributed by atoms with Crippen molar-refractivity contribution in [1.82, 2.24) is 9.78 Å². The average Bonchev–Trinajstić information content (AvgIpc) is 2.77. The molecule has 0 saturated carbocycles. The molecule has 1 heterocycles. The van der Waals surface area contributed by atoms with Crippen molar-refractivity contribution in [3.8, 4) is 5.69 Å². The molecule has 0 aliphatic rings. The van der Waals surface area contributed by atoms with Gasteiger partial charge < -0.3 is 5.11 Å². The van der Waals surface area contributed by atoms with Crippen LogP contribution in [0.5, 0.6) is 0 Å². The lowest BCUT2D eigenvalue weighted by atomic mass is 10.2. The third kappa shape index (κ3) is 2.63. The van der Waals surface area contributed by atoms with E-state index in [2.05, 4.69) is 5.10 Å². The number of halogens is 1. The molecule has 100 valence electrons. The zero-order chi connectivity index (χ0) is 14.2. The second kappa shape index (κ2) is 4.47. The molecule has 0 spiro atoms. The molecule has 0 saturated heterocycles. The zero-order valence-corrected chi connectivity index (χ0v) is 10.6. The Morgan fingerprint density at radius 2 is 2.11 bits per heavy atom. The van der Waals surface area contributed by atoms with Gasteiger partial charge in [0.2, 0.25) is 0 Å². The molecule has 0 atom stereocenters. The molecule has 0 fully saturated rings. The Morgan fingerprint density at radius 1 is 1.42 bits per heavy atom. The molecule has 19 heavy (non-hydrogen) atoms. The van der Waals surface area contributed by atoms with E-state index < -0.39 is 21.6 Å². The Labute approximate surface area is 108 Å². The van der Waals surface area contributed by atoms with Crippen molar-refractivity contribution < 1.29 is 22.7 Å². The van der Waals surface area contributed by atoms with Gasteiger partial charge in [-0.15, -0.1) is 0 Å². The van der Waals surface area contributed by atoms with Gasteiger partial charge in [0.05, 0.1) is 17.4 Å². The third-order valence-electron chi connectivity index (χ3n) is 2.42. The van der Waals surface area contributed by atoms with E-state index in [1.165, 1.54) is 12.3 Å². The Balaban J connectivity index is 2.60. The van der Waals surface area contributed by atoms with E-state index in [0.29, 0.717) is 0 Å². The van der Waals surface area contributed by atoms with Crippen molar-refractivity contribution in [2.24, 2.45) is 0 Å². The van der Waals surface area contributed by atoms with Gasteiger partial charge in [0.25, 0.3) is 0 Å². The highest BCUT2D eigenvalue weighted by molar-refractivity contribution is 7.90. The van der Waals surface area contributed by atoms with E-state index in [1.54, 1.807) is 0 Å². The van der Waals surface area contributed by atoms with Crippen LogP contribution in [-0.4, -0.2) is 35.5 Å². The monoisotopic (exact) mass is 284 g/mol. The Bertz CT molecular complexity index is 752. The van der Waals surface area contributed by atoms with Crippen LogP contribution in [0.1, 0.15) is 10.4 Å². The summed E-state index contributed by atoms with van der Waals surface area (Å²) in [5, 5.41) is 12.8. The average molecular weight is 284 g/mol. The molecule has 2 aromatic rings. The van der Waals surface area contributed by atoms with Gasteiger partial charge in [-0.3, -0.25) is 0 Å². The van der Waals surface area contributed by atoms with Gasteiger partial charge in [-0.1, -0.05) is 0 Å². The number of carbonyl (C=O) groups is 1. The molecular weight excluding hydrogens is 275 g/mol. The van der Waals surface area contributed by atoms with Crippen LogP contribution in [0.25, 0.3) is 5.69 Å². The van der Waals surface area contributed by atoms with Gasteiger partial charge in [-0.05, 0) is 18.2 Å². The van der Waals surface area contributed by atoms with Gasteiger partial charge in [0, 0.05) is 12.5 Å². The summed E-state index contributed by atoms with van der Waals surface area (Å²) in [6.45, 7) is 0. The van der Waals surface area contributed by atoms with Crippen LogP contribution in [0.4, 0.5) is 4.39 Å². The van der Waals surface area contributed by atoms with Crippen molar-refractivity contribution in [2.45, 2.75) is 4.90 Å². The van der Waals surface area contributed by atoms with Crippen LogP contribution in [0.2, 0.25) is 0 Å². The van der Waals surface area contributed by atoms with Gasteiger partial charge in [0.1, 0.15) is 10.7 Å². The number of aromatic carboxylic acids is 1. The number of benzene rings is 1. The SMILES string of the molecule is CS(=O)(=O)c1cnn(-c2ccc(F)cc2C(=O)O)c1. The van der Waals surface area contributed by atoms with Crippen LogP contribution in [-0.2, 0) is 9.84 Å². The Kier molecular flexibility index (Phi) is 3.11. The number of aromatic nitrogens is 2. The van der Waals surface area contributed by atoms with Crippen LogP contribution in [0.3, 0.4) is 0 Å². The fraction of sp³-hybridized carbons (Fsp3) is 0.0909. The maximum atomic E-state index is 13.0. The van der Waals surface area contributed by atoms with Gasteiger partial charge >= 0.3 is 5.97 Å². The van der Waals surface area contributed by atoms with Crippen molar-refractivity contribution in [2.75, 3.05) is 6.26 Å². The molecule has 0 bridgehead atoms. The smallest absolute Gasteiger partial charge is 0.338 e. The summed E-state index contributed by atoms with van der Waals surface area (Å²) >= 11 is 0. The number of carboxylic acid groups (broad SMARTS) is 1. The van der Waals surface area contributed by atoms with Crippen LogP contribution in [0.15, 0.2) is 35.5 Å². The molecule has 1 aromatic carbocycles. The predicted molar refractivity (Wildman–Crippen MR) is 63.6 cm³/mol. The highest BCUT2D eigenvalue weighted by Gasteiger charge is 2.16. The standard InChI is InChI=1S/C11H9FN2O4S/c1-19(17,18)8-5-13-14(6-8)10-3-2-7(12)4-9(10)11(15)16/h2-6H,1H3,(H,15,16). The number of carboxylic acids is 1. The first kappa shape index (κ1) is 13.2. The van der Waals surface area contributed by atoms with E-state index in [0.717, 1.165) is 29.3 Å². The molecule has 1 N–H and O–H groups in total. The van der Waals surface area contributed by atoms with Crippen molar-refractivity contribution in [3.05, 3.63) is 42.0 Å².